The van der Waals surface area contributed by atoms with E-state index in [0.717, 1.165) is 24.3 Å². The van der Waals surface area contributed by atoms with Crippen molar-refractivity contribution in [2.45, 2.75) is 19.6 Å². The van der Waals surface area contributed by atoms with Gasteiger partial charge in [-0.1, -0.05) is 46.4 Å². The summed E-state index contributed by atoms with van der Waals surface area (Å²) in [5, 5.41) is 1.96. The van der Waals surface area contributed by atoms with E-state index in [1.165, 1.54) is 24.3 Å². The first kappa shape index (κ1) is 50.2. The number of anilines is 6. The summed E-state index contributed by atoms with van der Waals surface area (Å²) in [4.78, 5) is 25.8. The summed E-state index contributed by atoms with van der Waals surface area (Å²) < 4.78 is 166. The van der Waals surface area contributed by atoms with E-state index in [0.29, 0.717) is 0 Å². The number of nitrogens with one attached hydrogen (secondary N) is 2. The minimum atomic E-state index is -5.32. The first-order valence-corrected chi connectivity index (χ1v) is 27.5. The Morgan fingerprint density at radius 1 is 0.387 bits per heavy atom. The largest absolute Gasteiger partial charge is 0.450 e. The number of halogens is 5. The Labute approximate surface area is 441 Å². The molecule has 0 atom stereocenters. The second kappa shape index (κ2) is 17.0. The SMILES string of the molecule is Nc1ccc2c(c1S(=O)(=O)O)Oc1c(Cl)c3c(c(Cl)c1=N2)Oc1c(ccc(Nc2nc(Cl)nc(Nc4ccc5c(c4S(=O)(=O)O)Oc4c(Cl)c6c(c(Cl)c4=N5)Oc4c(ccc(N)c4S(=O)(=O)O)N=6)n2)c1S(=O)(=O)O)N=3. The first-order valence-electron chi connectivity index (χ1n) is 19.8. The molecule has 10 N–H and O–H groups in total. The number of nitrogens with two attached hydrogens (primary N) is 2. The molecule has 75 heavy (non-hydrogen) atoms. The standard InChI is InChI=1S/C39H18Cl5N11O16S4/c40-17-23-31(19(42)21-29(17)68-25-11(47-21)3-1-9(45)33(25)72(56,57)58)70-27-13(49-23)5-7-15(35(27)74(62,63)64)51-38-53-37(44)54-39(55-38)52-16-8-6-14-28(36(16)75(65,66)67)71-32-20(43)22-30(18(41)24(32)50-14)69-26-12(48-22)4-2-10(46)34(26)73(59,60)61/h1-8H,45-46H2,(H,56,57,58)(H,59,60,61)(H,62,63,64)(H,65,66,67)(H2,51,52,53,54,55). The van der Waals surface area contributed by atoms with Crippen LogP contribution in [-0.4, -0.2) is 66.8 Å². The number of hydrogen-bond acceptors (Lipinski definition) is 23. The van der Waals surface area contributed by atoms with Crippen LogP contribution >= 0.6 is 58.0 Å². The highest BCUT2D eigenvalue weighted by molar-refractivity contribution is 7.87. The van der Waals surface area contributed by atoms with Gasteiger partial charge in [0.2, 0.25) is 17.2 Å². The molecule has 1 aromatic heterocycles. The highest BCUT2D eigenvalue weighted by atomic mass is 35.5. The quantitative estimate of drug-likeness (QED) is 0.0560. The van der Waals surface area contributed by atoms with Crippen LogP contribution in [0.1, 0.15) is 0 Å². The van der Waals surface area contributed by atoms with Crippen molar-refractivity contribution < 1.29 is 70.8 Å². The van der Waals surface area contributed by atoms with Crippen LogP contribution in [0, 0.1) is 0 Å². The lowest BCUT2D eigenvalue weighted by atomic mass is 10.2. The molecule has 0 fully saturated rings. The van der Waals surface area contributed by atoms with Gasteiger partial charge in [-0.2, -0.15) is 48.6 Å². The number of nitrogen functional groups attached to an aromatic ring is 2. The third-order valence-corrected chi connectivity index (χ3v) is 16.1. The van der Waals surface area contributed by atoms with Gasteiger partial charge in [0.15, 0.2) is 65.6 Å². The van der Waals surface area contributed by atoms with Crippen LogP contribution in [0.15, 0.2) is 88.1 Å². The summed E-state index contributed by atoms with van der Waals surface area (Å²) in [6.07, 6.45) is 0. The van der Waals surface area contributed by atoms with Crippen LogP contribution in [-0.2, 0) is 40.5 Å². The predicted molar refractivity (Wildman–Crippen MR) is 262 cm³/mol. The molecule has 5 heterocycles. The van der Waals surface area contributed by atoms with Gasteiger partial charge in [-0.15, -0.1) is 0 Å². The lowest BCUT2D eigenvalue weighted by Crippen LogP contribution is -2.23. The van der Waals surface area contributed by atoms with Crippen LogP contribution < -0.4 is 62.5 Å². The molecular weight excluding hydrogens is 1180 g/mol. The summed E-state index contributed by atoms with van der Waals surface area (Å²) >= 11 is 33.1. The van der Waals surface area contributed by atoms with Crippen LogP contribution in [0.2, 0.25) is 25.4 Å². The van der Waals surface area contributed by atoms with Crippen LogP contribution in [0.25, 0.3) is 0 Å². The van der Waals surface area contributed by atoms with Crippen molar-refractivity contribution >= 4 is 156 Å². The van der Waals surface area contributed by atoms with Gasteiger partial charge in [0, 0.05) is 0 Å². The molecule has 7 aromatic rings. The second-order valence-electron chi connectivity index (χ2n) is 15.5. The molecule has 0 amide bonds. The van der Waals surface area contributed by atoms with Gasteiger partial charge in [-0.3, -0.25) is 18.2 Å². The molecule has 36 heteroatoms. The van der Waals surface area contributed by atoms with Crippen LogP contribution in [0.4, 0.5) is 57.4 Å². The molecule has 0 radical (unpaired) electrons. The fourth-order valence-corrected chi connectivity index (χ4v) is 12.1. The maximum absolute atomic E-state index is 13.2. The van der Waals surface area contributed by atoms with Gasteiger partial charge in [0.05, 0.1) is 22.7 Å². The number of ether oxygens (including phenoxy) is 4. The van der Waals surface area contributed by atoms with Gasteiger partial charge in [-0.25, -0.2) is 20.0 Å². The smallest absolute Gasteiger partial charge is 0.300 e. The van der Waals surface area contributed by atoms with Crippen LogP contribution in [0.3, 0.4) is 0 Å². The summed E-state index contributed by atoms with van der Waals surface area (Å²) in [5.41, 5.74) is 9.00. The average molecular weight is 1200 g/mol. The zero-order valence-corrected chi connectivity index (χ0v) is 42.7. The molecule has 4 aliphatic heterocycles. The van der Waals surface area contributed by atoms with Crippen molar-refractivity contribution in [3.05, 3.63) is 95.3 Å². The Bertz CT molecular complexity index is 4370. The van der Waals surface area contributed by atoms with Crippen molar-refractivity contribution in [1.82, 2.24) is 15.0 Å². The number of rotatable bonds is 8. The van der Waals surface area contributed by atoms with Gasteiger partial charge >= 0.3 is 0 Å². The molecule has 6 aromatic carbocycles. The molecule has 384 valence electrons. The Morgan fingerprint density at radius 3 is 0.933 bits per heavy atom. The monoisotopic (exact) mass is 1200 g/mol. The molecule has 0 saturated heterocycles. The van der Waals surface area contributed by atoms with Crippen molar-refractivity contribution in [1.29, 1.82) is 0 Å². The fraction of sp³-hybridized carbons (Fsp3) is 0. The minimum Gasteiger partial charge on any atom is -0.450 e. The summed E-state index contributed by atoms with van der Waals surface area (Å²) in [6, 6.07) is 9.30. The van der Waals surface area contributed by atoms with Gasteiger partial charge in [0.1, 0.15) is 64.3 Å². The number of hydrogen-bond donors (Lipinski definition) is 8. The summed E-state index contributed by atoms with van der Waals surface area (Å²) in [6.45, 7) is 0. The van der Waals surface area contributed by atoms with E-state index >= 15 is 0 Å². The highest BCUT2D eigenvalue weighted by Crippen LogP contribution is 2.51. The number of benzene rings is 6. The van der Waals surface area contributed by atoms with Crippen molar-refractivity contribution in [2.75, 3.05) is 22.1 Å². The first-order chi connectivity index (χ1) is 35.1. The Morgan fingerprint density at radius 2 is 0.653 bits per heavy atom. The van der Waals surface area contributed by atoms with Crippen LogP contribution in [0.5, 0.6) is 46.0 Å². The molecule has 11 rings (SSSR count). The molecule has 27 nitrogen and oxygen atoms in total. The molecule has 0 spiro atoms. The summed E-state index contributed by atoms with van der Waals surface area (Å²) in [5.74, 6) is -4.88. The van der Waals surface area contributed by atoms with Gasteiger partial charge in [0.25, 0.3) is 40.5 Å². The highest BCUT2D eigenvalue weighted by Gasteiger charge is 2.37. The average Bonchev–Trinajstić information content (AvgIpc) is 3.31. The van der Waals surface area contributed by atoms with E-state index in [1.54, 1.807) is 0 Å². The zero-order valence-electron chi connectivity index (χ0n) is 35.6. The Hall–Kier alpha value is -6.98. The maximum Gasteiger partial charge on any atom is 0.300 e. The normalized spacial score (nSPS) is 13.7. The number of aromatic nitrogens is 3. The maximum atomic E-state index is 13.2. The Balaban J connectivity index is 0.950. The van der Waals surface area contributed by atoms with E-state index in [2.05, 4.69) is 45.6 Å². The lowest BCUT2D eigenvalue weighted by Gasteiger charge is -2.23. The topological polar surface area (TPSA) is 419 Å². The molecular formula is C39H18Cl5N11O16S4. The van der Waals surface area contributed by atoms with E-state index in [1.807, 2.05) is 0 Å². The number of fused-ring (bicyclic) bond motifs is 8. The Kier molecular flexibility index (Phi) is 11.4. The number of nitrogens with zero attached hydrogens (tertiary/aromatic N) is 7. The van der Waals surface area contributed by atoms with E-state index < -0.39 is 133 Å². The van der Waals surface area contributed by atoms with Crippen molar-refractivity contribution in [3.63, 3.8) is 0 Å². The fourth-order valence-electron chi connectivity index (χ4n) is 7.84. The molecule has 0 aliphatic carbocycles. The second-order valence-corrected chi connectivity index (χ2v) is 22.8. The van der Waals surface area contributed by atoms with E-state index in [9.17, 15) is 51.9 Å². The minimum absolute atomic E-state index is 0.176. The third-order valence-electron chi connectivity index (χ3n) is 10.8. The van der Waals surface area contributed by atoms with Gasteiger partial charge in [-0.05, 0) is 60.1 Å². The zero-order chi connectivity index (χ0) is 53.7. The summed E-state index contributed by atoms with van der Waals surface area (Å²) in [7, 11) is -20.6. The molecule has 4 aliphatic rings. The molecule has 0 unspecified atom stereocenters. The predicted octanol–water partition coefficient (Wildman–Crippen LogP) is 7.01. The van der Waals surface area contributed by atoms with E-state index in [4.69, 9.17) is 88.4 Å². The van der Waals surface area contributed by atoms with Crippen molar-refractivity contribution in [2.24, 2.45) is 20.0 Å². The lowest BCUT2D eigenvalue weighted by molar-refractivity contribution is 0.428. The van der Waals surface area contributed by atoms with E-state index in [-0.39, 0.29) is 77.1 Å². The van der Waals surface area contributed by atoms with Crippen molar-refractivity contribution in [3.8, 4) is 46.0 Å². The third kappa shape index (κ3) is 8.28. The van der Waals surface area contributed by atoms with Gasteiger partial charge < -0.3 is 41.0 Å². The molecule has 0 saturated carbocycles. The molecule has 0 bridgehead atoms.